The van der Waals surface area contributed by atoms with Gasteiger partial charge in [0.2, 0.25) is 0 Å². The van der Waals surface area contributed by atoms with Gasteiger partial charge < -0.3 is 9.84 Å². The van der Waals surface area contributed by atoms with Gasteiger partial charge >= 0.3 is 5.97 Å². The molecule has 1 saturated carbocycles. The number of hydrogen-bond acceptors (Lipinski definition) is 2. The van der Waals surface area contributed by atoms with Crippen molar-refractivity contribution in [2.45, 2.75) is 18.9 Å². The summed E-state index contributed by atoms with van der Waals surface area (Å²) in [5.74, 6) is 0.502. The first-order valence-corrected chi connectivity index (χ1v) is 7.26. The Kier molecular flexibility index (Phi) is 2.74. The van der Waals surface area contributed by atoms with Crippen molar-refractivity contribution >= 4 is 5.97 Å². The van der Waals surface area contributed by atoms with Gasteiger partial charge in [-0.15, -0.1) is 0 Å². The maximum atomic E-state index is 11.1. The Morgan fingerprint density at radius 2 is 2.00 bits per heavy atom. The highest BCUT2D eigenvalue weighted by molar-refractivity contribution is 5.78. The van der Waals surface area contributed by atoms with E-state index < -0.39 is 5.97 Å². The Hall–Kier alpha value is -2.29. The van der Waals surface area contributed by atoms with E-state index in [0.717, 1.165) is 17.7 Å². The Morgan fingerprint density at radius 3 is 2.76 bits per heavy atom. The number of carbonyl (C=O) groups is 1. The van der Waals surface area contributed by atoms with Crippen LogP contribution in [0.25, 0.3) is 0 Å². The SMILES string of the molecule is O=C(O)C1C2Cc3ccc(OCc4ccccc4)cc3C21. The molecule has 106 valence electrons. The molecule has 4 rings (SSSR count). The van der Waals surface area contributed by atoms with Gasteiger partial charge in [-0.05, 0) is 41.2 Å². The Labute approximate surface area is 123 Å². The molecule has 0 aliphatic heterocycles. The van der Waals surface area contributed by atoms with Crippen LogP contribution in [0.3, 0.4) is 0 Å². The minimum absolute atomic E-state index is 0.179. The summed E-state index contributed by atoms with van der Waals surface area (Å²) in [5, 5.41) is 9.17. The van der Waals surface area contributed by atoms with Crippen molar-refractivity contribution in [3.8, 4) is 5.75 Å². The standard InChI is InChI=1S/C18H16O3/c19-18(20)17-15-8-12-6-7-13(9-14(12)16(15)17)21-10-11-4-2-1-3-5-11/h1-7,9,15-17H,8,10H2,(H,19,20). The van der Waals surface area contributed by atoms with E-state index in [2.05, 4.69) is 6.07 Å². The number of carboxylic acid groups (broad SMARTS) is 1. The predicted octanol–water partition coefficient (Wildman–Crippen LogP) is 3.24. The molecule has 3 nitrogen and oxygen atoms in total. The molecule has 2 aromatic carbocycles. The molecule has 0 amide bonds. The molecule has 2 aliphatic rings. The summed E-state index contributed by atoms with van der Waals surface area (Å²) >= 11 is 0. The van der Waals surface area contributed by atoms with Crippen molar-refractivity contribution in [1.29, 1.82) is 0 Å². The molecule has 0 spiro atoms. The van der Waals surface area contributed by atoms with Crippen molar-refractivity contribution in [2.75, 3.05) is 0 Å². The van der Waals surface area contributed by atoms with Gasteiger partial charge in [-0.1, -0.05) is 36.4 Å². The van der Waals surface area contributed by atoms with E-state index in [1.807, 2.05) is 42.5 Å². The van der Waals surface area contributed by atoms with Crippen LogP contribution in [-0.4, -0.2) is 11.1 Å². The van der Waals surface area contributed by atoms with E-state index in [1.165, 1.54) is 11.1 Å². The first kappa shape index (κ1) is 12.5. The minimum atomic E-state index is -0.661. The van der Waals surface area contributed by atoms with Crippen LogP contribution >= 0.6 is 0 Å². The van der Waals surface area contributed by atoms with Gasteiger partial charge in [0.15, 0.2) is 0 Å². The normalized spacial score (nSPS) is 25.0. The molecule has 2 aliphatic carbocycles. The van der Waals surface area contributed by atoms with Gasteiger partial charge in [-0.3, -0.25) is 4.79 Å². The van der Waals surface area contributed by atoms with Crippen LogP contribution in [0.1, 0.15) is 22.6 Å². The number of rotatable bonds is 4. The molecule has 0 radical (unpaired) electrons. The second kappa shape index (κ2) is 4.62. The average Bonchev–Trinajstić information content (AvgIpc) is 3.11. The largest absolute Gasteiger partial charge is 0.489 e. The molecule has 0 saturated heterocycles. The van der Waals surface area contributed by atoms with Crippen molar-refractivity contribution in [3.63, 3.8) is 0 Å². The molecule has 2 aromatic rings. The van der Waals surface area contributed by atoms with Crippen LogP contribution in [0.15, 0.2) is 48.5 Å². The van der Waals surface area contributed by atoms with E-state index in [1.54, 1.807) is 0 Å². The number of carboxylic acids is 1. The molecule has 3 atom stereocenters. The highest BCUT2D eigenvalue weighted by atomic mass is 16.5. The third-order valence-electron chi connectivity index (χ3n) is 4.63. The Bertz CT molecular complexity index is 693. The number of hydrogen-bond donors (Lipinski definition) is 1. The summed E-state index contributed by atoms with van der Waals surface area (Å²) in [5.41, 5.74) is 3.60. The smallest absolute Gasteiger partial charge is 0.307 e. The minimum Gasteiger partial charge on any atom is -0.489 e. The predicted molar refractivity (Wildman–Crippen MR) is 78.3 cm³/mol. The van der Waals surface area contributed by atoms with Crippen LogP contribution in [0, 0.1) is 11.8 Å². The van der Waals surface area contributed by atoms with Crippen molar-refractivity contribution in [3.05, 3.63) is 65.2 Å². The van der Waals surface area contributed by atoms with Crippen molar-refractivity contribution < 1.29 is 14.6 Å². The van der Waals surface area contributed by atoms with Gasteiger partial charge in [0.05, 0.1) is 5.92 Å². The van der Waals surface area contributed by atoms with Crippen molar-refractivity contribution in [2.24, 2.45) is 11.8 Å². The lowest BCUT2D eigenvalue weighted by molar-refractivity contribution is -0.139. The number of benzene rings is 2. The second-order valence-corrected chi connectivity index (χ2v) is 5.89. The molecule has 0 bridgehead atoms. The van der Waals surface area contributed by atoms with Gasteiger partial charge in [-0.25, -0.2) is 0 Å². The average molecular weight is 280 g/mol. The number of fused-ring (bicyclic) bond motifs is 3. The molecule has 21 heavy (non-hydrogen) atoms. The van der Waals surface area contributed by atoms with Gasteiger partial charge in [0.1, 0.15) is 12.4 Å². The van der Waals surface area contributed by atoms with Crippen molar-refractivity contribution in [1.82, 2.24) is 0 Å². The molecule has 0 heterocycles. The fourth-order valence-corrected chi connectivity index (χ4v) is 3.54. The Balaban J connectivity index is 1.50. The Morgan fingerprint density at radius 1 is 1.19 bits per heavy atom. The van der Waals surface area contributed by atoms with Crippen LogP contribution in [0.2, 0.25) is 0 Å². The quantitative estimate of drug-likeness (QED) is 0.935. The van der Waals surface area contributed by atoms with Crippen LogP contribution in [-0.2, 0) is 17.8 Å². The highest BCUT2D eigenvalue weighted by Gasteiger charge is 2.59. The van der Waals surface area contributed by atoms with Gasteiger partial charge in [0.25, 0.3) is 0 Å². The fraction of sp³-hybridized carbons (Fsp3) is 0.278. The number of ether oxygens (including phenoxy) is 1. The summed E-state index contributed by atoms with van der Waals surface area (Å²) in [6.07, 6.45) is 0.899. The molecular formula is C18H16O3. The van der Waals surface area contributed by atoms with Crippen LogP contribution in [0.5, 0.6) is 5.75 Å². The zero-order valence-corrected chi connectivity index (χ0v) is 11.5. The van der Waals surface area contributed by atoms with Gasteiger partial charge in [-0.2, -0.15) is 0 Å². The molecule has 1 N–H and O–H groups in total. The van der Waals surface area contributed by atoms with Gasteiger partial charge in [0, 0.05) is 5.92 Å². The second-order valence-electron chi connectivity index (χ2n) is 5.89. The van der Waals surface area contributed by atoms with E-state index in [-0.39, 0.29) is 11.8 Å². The lowest BCUT2D eigenvalue weighted by Gasteiger charge is -2.10. The van der Waals surface area contributed by atoms with Crippen LogP contribution in [0.4, 0.5) is 0 Å². The monoisotopic (exact) mass is 280 g/mol. The summed E-state index contributed by atoms with van der Waals surface area (Å²) < 4.78 is 5.83. The lowest BCUT2D eigenvalue weighted by atomic mass is 10.0. The topological polar surface area (TPSA) is 46.5 Å². The zero-order valence-electron chi connectivity index (χ0n) is 11.5. The van der Waals surface area contributed by atoms with E-state index in [4.69, 9.17) is 4.74 Å². The summed E-state index contributed by atoms with van der Waals surface area (Å²) in [6, 6.07) is 16.1. The molecule has 0 aromatic heterocycles. The molecule has 3 heteroatoms. The summed E-state index contributed by atoms with van der Waals surface area (Å²) in [4.78, 5) is 11.1. The fourth-order valence-electron chi connectivity index (χ4n) is 3.54. The molecule has 1 fully saturated rings. The van der Waals surface area contributed by atoms with Crippen LogP contribution < -0.4 is 4.74 Å². The highest BCUT2D eigenvalue weighted by Crippen LogP contribution is 2.61. The zero-order chi connectivity index (χ0) is 14.4. The van der Waals surface area contributed by atoms with E-state index in [0.29, 0.717) is 12.5 Å². The molecule has 3 unspecified atom stereocenters. The summed E-state index contributed by atoms with van der Waals surface area (Å²) in [7, 11) is 0. The molecular weight excluding hydrogens is 264 g/mol. The van der Waals surface area contributed by atoms with E-state index in [9.17, 15) is 9.90 Å². The third-order valence-corrected chi connectivity index (χ3v) is 4.63. The number of aliphatic carboxylic acids is 1. The summed E-state index contributed by atoms with van der Waals surface area (Å²) in [6.45, 7) is 0.538. The van der Waals surface area contributed by atoms with E-state index >= 15 is 0 Å². The first-order valence-electron chi connectivity index (χ1n) is 7.26. The lowest BCUT2D eigenvalue weighted by Crippen LogP contribution is -2.05. The maximum absolute atomic E-state index is 11.1. The maximum Gasteiger partial charge on any atom is 0.307 e. The first-order chi connectivity index (χ1) is 10.2. The third kappa shape index (κ3) is 2.09.